The number of rotatable bonds is 4. The van der Waals surface area contributed by atoms with E-state index in [1.807, 2.05) is 18.2 Å². The molecule has 19 heavy (non-hydrogen) atoms. The Labute approximate surface area is 126 Å². The van der Waals surface area contributed by atoms with Gasteiger partial charge in [-0.3, -0.25) is 0 Å². The summed E-state index contributed by atoms with van der Waals surface area (Å²) < 4.78 is 0.923. The molecule has 1 aromatic heterocycles. The van der Waals surface area contributed by atoms with Gasteiger partial charge in [-0.1, -0.05) is 35.8 Å². The van der Waals surface area contributed by atoms with Crippen molar-refractivity contribution in [2.45, 2.75) is 19.9 Å². The number of hydrogen-bond donors (Lipinski definition) is 1. The summed E-state index contributed by atoms with van der Waals surface area (Å²) in [5, 5.41) is 14.8. The lowest BCUT2D eigenvalue weighted by atomic mass is 10.0. The Balaban J connectivity index is 2.31. The molecule has 0 spiro atoms. The van der Waals surface area contributed by atoms with Gasteiger partial charge in [0.05, 0.1) is 17.3 Å². The van der Waals surface area contributed by atoms with Crippen molar-refractivity contribution in [2.24, 2.45) is 5.92 Å². The van der Waals surface area contributed by atoms with E-state index in [2.05, 4.69) is 58.7 Å². The molecule has 0 saturated heterocycles. The van der Waals surface area contributed by atoms with Gasteiger partial charge < -0.3 is 5.32 Å². The van der Waals surface area contributed by atoms with Crippen LogP contribution in [0.1, 0.15) is 30.3 Å². The van der Waals surface area contributed by atoms with Gasteiger partial charge in [-0.15, -0.1) is 11.3 Å². The first-order valence-electron chi connectivity index (χ1n) is 6.11. The third-order valence-electron chi connectivity index (χ3n) is 2.93. The SMILES string of the molecule is CC(C)C(Nc1ccc(Br)cc1C#N)c1cccs1. The van der Waals surface area contributed by atoms with E-state index in [1.165, 1.54) is 4.88 Å². The normalized spacial score (nSPS) is 12.2. The monoisotopic (exact) mass is 334 g/mol. The smallest absolute Gasteiger partial charge is 0.101 e. The number of hydrogen-bond acceptors (Lipinski definition) is 3. The number of halogens is 1. The Morgan fingerprint density at radius 2 is 2.11 bits per heavy atom. The van der Waals surface area contributed by atoms with Crippen LogP contribution in [-0.4, -0.2) is 0 Å². The van der Waals surface area contributed by atoms with Crippen molar-refractivity contribution in [3.8, 4) is 6.07 Å². The van der Waals surface area contributed by atoms with Crippen molar-refractivity contribution in [2.75, 3.05) is 5.32 Å². The lowest BCUT2D eigenvalue weighted by molar-refractivity contribution is 0.553. The molecule has 1 atom stereocenters. The third-order valence-corrected chi connectivity index (χ3v) is 4.38. The molecule has 1 heterocycles. The Morgan fingerprint density at radius 3 is 2.68 bits per heavy atom. The van der Waals surface area contributed by atoms with Crippen molar-refractivity contribution in [1.29, 1.82) is 5.26 Å². The molecule has 0 fully saturated rings. The number of thiophene rings is 1. The van der Waals surface area contributed by atoms with E-state index in [9.17, 15) is 5.26 Å². The van der Waals surface area contributed by atoms with Crippen LogP contribution in [0.2, 0.25) is 0 Å². The number of nitriles is 1. The first kappa shape index (κ1) is 14.1. The van der Waals surface area contributed by atoms with Gasteiger partial charge >= 0.3 is 0 Å². The van der Waals surface area contributed by atoms with Gasteiger partial charge in [0.2, 0.25) is 0 Å². The Bertz CT molecular complexity index is 585. The average Bonchev–Trinajstić information content (AvgIpc) is 2.90. The van der Waals surface area contributed by atoms with E-state index in [0.717, 1.165) is 10.2 Å². The van der Waals surface area contributed by atoms with Crippen molar-refractivity contribution in [3.05, 3.63) is 50.6 Å². The molecule has 0 aliphatic heterocycles. The largest absolute Gasteiger partial charge is 0.376 e. The molecule has 98 valence electrons. The van der Waals surface area contributed by atoms with Gasteiger partial charge in [-0.2, -0.15) is 5.26 Å². The number of anilines is 1. The first-order chi connectivity index (χ1) is 9.11. The molecule has 0 bridgehead atoms. The zero-order valence-electron chi connectivity index (χ0n) is 10.9. The molecule has 4 heteroatoms. The van der Waals surface area contributed by atoms with Crippen LogP contribution in [0.4, 0.5) is 5.69 Å². The molecule has 2 nitrogen and oxygen atoms in total. The number of benzene rings is 1. The molecule has 0 amide bonds. The minimum absolute atomic E-state index is 0.230. The van der Waals surface area contributed by atoms with Crippen LogP contribution in [-0.2, 0) is 0 Å². The van der Waals surface area contributed by atoms with Gasteiger partial charge in [0.15, 0.2) is 0 Å². The van der Waals surface area contributed by atoms with Crippen molar-refractivity contribution < 1.29 is 0 Å². The summed E-state index contributed by atoms with van der Waals surface area (Å²) in [6.07, 6.45) is 0. The lowest BCUT2D eigenvalue weighted by Crippen LogP contribution is -2.16. The van der Waals surface area contributed by atoms with Crippen molar-refractivity contribution >= 4 is 33.0 Å². The van der Waals surface area contributed by atoms with Gasteiger partial charge in [0.25, 0.3) is 0 Å². The number of nitrogens with zero attached hydrogens (tertiary/aromatic N) is 1. The highest BCUT2D eigenvalue weighted by atomic mass is 79.9. The predicted molar refractivity (Wildman–Crippen MR) is 84.4 cm³/mol. The fraction of sp³-hybridized carbons (Fsp3) is 0.267. The maximum atomic E-state index is 9.22. The summed E-state index contributed by atoms with van der Waals surface area (Å²) in [7, 11) is 0. The van der Waals surface area contributed by atoms with Crippen molar-refractivity contribution in [3.63, 3.8) is 0 Å². The molecule has 0 aliphatic carbocycles. The fourth-order valence-corrected chi connectivity index (χ4v) is 3.25. The van der Waals surface area contributed by atoms with Crippen LogP contribution in [0.15, 0.2) is 40.2 Å². The van der Waals surface area contributed by atoms with Gasteiger partial charge in [-0.25, -0.2) is 0 Å². The van der Waals surface area contributed by atoms with Crippen LogP contribution in [0, 0.1) is 17.2 Å². The van der Waals surface area contributed by atoms with E-state index < -0.39 is 0 Å². The molecule has 2 aromatic rings. The maximum absolute atomic E-state index is 9.22. The van der Waals surface area contributed by atoms with Gasteiger partial charge in [-0.05, 0) is 35.6 Å². The van der Waals surface area contributed by atoms with Gasteiger partial charge in [0, 0.05) is 9.35 Å². The molecule has 1 unspecified atom stereocenters. The summed E-state index contributed by atoms with van der Waals surface area (Å²) in [6, 6.07) is 12.4. The van der Waals surface area contributed by atoms with Crippen LogP contribution >= 0.6 is 27.3 Å². The minimum Gasteiger partial charge on any atom is -0.376 e. The van der Waals surface area contributed by atoms with E-state index >= 15 is 0 Å². The second-order valence-electron chi connectivity index (χ2n) is 4.68. The average molecular weight is 335 g/mol. The molecule has 1 aromatic carbocycles. The third kappa shape index (κ3) is 3.37. The maximum Gasteiger partial charge on any atom is 0.101 e. The highest BCUT2D eigenvalue weighted by Gasteiger charge is 2.17. The second kappa shape index (κ2) is 6.23. The molecule has 0 aliphatic rings. The molecule has 0 radical (unpaired) electrons. The summed E-state index contributed by atoms with van der Waals surface area (Å²) in [5.74, 6) is 0.453. The van der Waals surface area contributed by atoms with Gasteiger partial charge in [0.1, 0.15) is 6.07 Å². The van der Waals surface area contributed by atoms with E-state index in [0.29, 0.717) is 11.5 Å². The van der Waals surface area contributed by atoms with E-state index in [1.54, 1.807) is 11.3 Å². The molecule has 1 N–H and O–H groups in total. The molecule has 2 rings (SSSR count). The summed E-state index contributed by atoms with van der Waals surface area (Å²) >= 11 is 5.13. The minimum atomic E-state index is 0.230. The Kier molecular flexibility index (Phi) is 4.62. The summed E-state index contributed by atoms with van der Waals surface area (Å²) in [4.78, 5) is 1.29. The summed E-state index contributed by atoms with van der Waals surface area (Å²) in [5.41, 5.74) is 1.55. The van der Waals surface area contributed by atoms with E-state index in [4.69, 9.17) is 0 Å². The van der Waals surface area contributed by atoms with E-state index in [-0.39, 0.29) is 6.04 Å². The quantitative estimate of drug-likeness (QED) is 0.834. The standard InChI is InChI=1S/C15H15BrN2S/c1-10(2)15(14-4-3-7-19-14)18-13-6-5-12(16)8-11(13)9-17/h3-8,10,15,18H,1-2H3. The van der Waals surface area contributed by atoms with Crippen LogP contribution in [0.25, 0.3) is 0 Å². The fourth-order valence-electron chi connectivity index (χ4n) is 1.94. The molecular weight excluding hydrogens is 320 g/mol. The molecular formula is C15H15BrN2S. The topological polar surface area (TPSA) is 35.8 Å². The van der Waals surface area contributed by atoms with Crippen LogP contribution in [0.5, 0.6) is 0 Å². The highest BCUT2D eigenvalue weighted by Crippen LogP contribution is 2.31. The summed E-state index contributed by atoms with van der Waals surface area (Å²) in [6.45, 7) is 4.37. The Morgan fingerprint density at radius 1 is 1.32 bits per heavy atom. The van der Waals surface area contributed by atoms with Crippen LogP contribution < -0.4 is 5.32 Å². The van der Waals surface area contributed by atoms with Crippen LogP contribution in [0.3, 0.4) is 0 Å². The highest BCUT2D eigenvalue weighted by molar-refractivity contribution is 9.10. The predicted octanol–water partition coefficient (Wildman–Crippen LogP) is 5.19. The first-order valence-corrected chi connectivity index (χ1v) is 7.78. The lowest BCUT2D eigenvalue weighted by Gasteiger charge is -2.23. The molecule has 0 saturated carbocycles. The Hall–Kier alpha value is -1.31. The van der Waals surface area contributed by atoms with Crippen molar-refractivity contribution in [1.82, 2.24) is 0 Å². The zero-order chi connectivity index (χ0) is 13.8. The second-order valence-corrected chi connectivity index (χ2v) is 6.58. The number of nitrogens with one attached hydrogen (secondary N) is 1. The zero-order valence-corrected chi connectivity index (χ0v) is 13.3.